The molecule has 0 atom stereocenters. The van der Waals surface area contributed by atoms with E-state index in [0.29, 0.717) is 18.0 Å². The molecular weight excluding hydrogens is 314 g/mol. The quantitative estimate of drug-likeness (QED) is 0.567. The Labute approximate surface area is 118 Å². The number of hydrogen-bond acceptors (Lipinski definition) is 2. The lowest BCUT2D eigenvalue weighted by molar-refractivity contribution is 0.419. The zero-order valence-corrected chi connectivity index (χ0v) is 13.3. The maximum atomic E-state index is 12.5. The van der Waals surface area contributed by atoms with Gasteiger partial charge in [0.25, 0.3) is 0 Å². The minimum atomic E-state index is -3.34. The van der Waals surface area contributed by atoms with Gasteiger partial charge >= 0.3 is 0 Å². The van der Waals surface area contributed by atoms with E-state index in [1.807, 2.05) is 26.0 Å². The molecule has 0 aromatic heterocycles. The third-order valence-electron chi connectivity index (χ3n) is 2.86. The summed E-state index contributed by atoms with van der Waals surface area (Å²) < 4.78 is 26.5. The molecule has 3 nitrogen and oxygen atoms in total. The van der Waals surface area contributed by atoms with Crippen molar-refractivity contribution in [3.8, 4) is 0 Å². The highest BCUT2D eigenvalue weighted by Crippen LogP contribution is 2.19. The number of aryl methyl sites for hydroxylation is 1. The monoisotopic (exact) mass is 333 g/mol. The van der Waals surface area contributed by atoms with Gasteiger partial charge in [-0.15, -0.1) is 0 Å². The zero-order valence-electron chi connectivity index (χ0n) is 10.9. The van der Waals surface area contributed by atoms with E-state index in [-0.39, 0.29) is 0 Å². The first-order valence-corrected chi connectivity index (χ1v) is 8.72. The van der Waals surface area contributed by atoms with E-state index < -0.39 is 10.0 Å². The zero-order chi connectivity index (χ0) is 13.6. The molecule has 0 saturated carbocycles. The summed E-state index contributed by atoms with van der Waals surface area (Å²) in [6.07, 6.45) is 1.87. The van der Waals surface area contributed by atoms with Gasteiger partial charge in [0.15, 0.2) is 0 Å². The molecule has 0 radical (unpaired) electrons. The lowest BCUT2D eigenvalue weighted by Gasteiger charge is -2.21. The van der Waals surface area contributed by atoms with Crippen LogP contribution in [-0.4, -0.2) is 31.1 Å². The molecule has 0 aliphatic rings. The second-order valence-electron chi connectivity index (χ2n) is 4.16. The Bertz CT molecular complexity index is 474. The van der Waals surface area contributed by atoms with Crippen molar-refractivity contribution >= 4 is 26.0 Å². The van der Waals surface area contributed by atoms with Crippen LogP contribution in [0.25, 0.3) is 0 Å². The number of benzene rings is 1. The average Bonchev–Trinajstić information content (AvgIpc) is 2.34. The minimum absolute atomic E-state index is 0.422. The molecule has 0 heterocycles. The van der Waals surface area contributed by atoms with Crippen LogP contribution in [0.5, 0.6) is 0 Å². The van der Waals surface area contributed by atoms with Crippen LogP contribution in [0.4, 0.5) is 0 Å². The van der Waals surface area contributed by atoms with E-state index in [4.69, 9.17) is 0 Å². The van der Waals surface area contributed by atoms with Crippen molar-refractivity contribution in [1.29, 1.82) is 0 Å². The number of hydrogen-bond donors (Lipinski definition) is 0. The number of sulfonamides is 1. The maximum absolute atomic E-state index is 12.5. The molecule has 0 amide bonds. The molecule has 0 spiro atoms. The van der Waals surface area contributed by atoms with E-state index in [1.54, 1.807) is 16.4 Å². The molecule has 0 aliphatic carbocycles. The second kappa shape index (κ2) is 7.26. The first-order valence-electron chi connectivity index (χ1n) is 6.15. The first kappa shape index (κ1) is 15.7. The predicted octanol–water partition coefficient (Wildman–Crippen LogP) is 3.18. The molecule has 0 fully saturated rings. The van der Waals surface area contributed by atoms with Crippen molar-refractivity contribution < 1.29 is 8.42 Å². The highest BCUT2D eigenvalue weighted by Gasteiger charge is 2.23. The Morgan fingerprint density at radius 2 is 1.89 bits per heavy atom. The highest BCUT2D eigenvalue weighted by atomic mass is 79.9. The number of halogens is 1. The van der Waals surface area contributed by atoms with Gasteiger partial charge < -0.3 is 0 Å². The SMILES string of the molecule is CCN(CCCCBr)S(=O)(=O)c1ccccc1C. The molecule has 0 unspecified atom stereocenters. The van der Waals surface area contributed by atoms with Gasteiger partial charge in [0, 0.05) is 18.4 Å². The Hall–Kier alpha value is -0.390. The summed E-state index contributed by atoms with van der Waals surface area (Å²) in [6, 6.07) is 7.14. The van der Waals surface area contributed by atoms with Gasteiger partial charge in [0.05, 0.1) is 4.90 Å². The summed E-state index contributed by atoms with van der Waals surface area (Å²) in [5.74, 6) is 0. The first-order chi connectivity index (χ1) is 8.54. The van der Waals surface area contributed by atoms with Crippen LogP contribution >= 0.6 is 15.9 Å². The van der Waals surface area contributed by atoms with Gasteiger partial charge in [0.1, 0.15) is 0 Å². The molecule has 1 rings (SSSR count). The Kier molecular flexibility index (Phi) is 6.32. The van der Waals surface area contributed by atoms with Gasteiger partial charge in [-0.1, -0.05) is 41.1 Å². The molecule has 0 saturated heterocycles. The van der Waals surface area contributed by atoms with E-state index in [1.165, 1.54) is 0 Å². The molecular formula is C13H20BrNO2S. The normalized spacial score (nSPS) is 12.0. The number of unbranched alkanes of at least 4 members (excludes halogenated alkanes) is 1. The van der Waals surface area contributed by atoms with Gasteiger partial charge in [-0.2, -0.15) is 4.31 Å². The number of alkyl halides is 1. The molecule has 0 N–H and O–H groups in total. The van der Waals surface area contributed by atoms with Crippen molar-refractivity contribution in [2.45, 2.75) is 31.6 Å². The molecule has 1 aromatic rings. The van der Waals surface area contributed by atoms with Crippen molar-refractivity contribution in [2.24, 2.45) is 0 Å². The van der Waals surface area contributed by atoms with Gasteiger partial charge in [-0.3, -0.25) is 0 Å². The maximum Gasteiger partial charge on any atom is 0.243 e. The fourth-order valence-electron chi connectivity index (χ4n) is 1.82. The van der Waals surface area contributed by atoms with Crippen LogP contribution in [0, 0.1) is 6.92 Å². The average molecular weight is 334 g/mol. The highest BCUT2D eigenvalue weighted by molar-refractivity contribution is 9.09. The van der Waals surface area contributed by atoms with Crippen LogP contribution < -0.4 is 0 Å². The largest absolute Gasteiger partial charge is 0.243 e. The van der Waals surface area contributed by atoms with Crippen LogP contribution in [0.3, 0.4) is 0 Å². The second-order valence-corrected chi connectivity index (χ2v) is 6.86. The van der Waals surface area contributed by atoms with Crippen LogP contribution in [-0.2, 0) is 10.0 Å². The van der Waals surface area contributed by atoms with Crippen molar-refractivity contribution in [3.05, 3.63) is 29.8 Å². The van der Waals surface area contributed by atoms with E-state index >= 15 is 0 Å². The van der Waals surface area contributed by atoms with Gasteiger partial charge in [-0.25, -0.2) is 8.42 Å². The summed E-state index contributed by atoms with van der Waals surface area (Å²) in [5.41, 5.74) is 0.802. The summed E-state index contributed by atoms with van der Waals surface area (Å²) in [7, 11) is -3.34. The number of nitrogens with zero attached hydrogens (tertiary/aromatic N) is 1. The van der Waals surface area contributed by atoms with Gasteiger partial charge in [0.2, 0.25) is 10.0 Å². The summed E-state index contributed by atoms with van der Waals surface area (Å²) >= 11 is 3.36. The summed E-state index contributed by atoms with van der Waals surface area (Å²) in [5, 5.41) is 0.912. The predicted molar refractivity (Wildman–Crippen MR) is 78.6 cm³/mol. The third-order valence-corrected chi connectivity index (χ3v) is 5.55. The molecule has 0 aliphatic heterocycles. The lowest BCUT2D eigenvalue weighted by Crippen LogP contribution is -2.32. The fourth-order valence-corrected chi connectivity index (χ4v) is 3.93. The van der Waals surface area contributed by atoms with E-state index in [2.05, 4.69) is 15.9 Å². The molecule has 18 heavy (non-hydrogen) atoms. The van der Waals surface area contributed by atoms with E-state index in [9.17, 15) is 8.42 Å². The standard InChI is InChI=1S/C13H20BrNO2S/c1-3-15(11-7-6-10-14)18(16,17)13-9-5-4-8-12(13)2/h4-5,8-9H,3,6-7,10-11H2,1-2H3. The molecule has 102 valence electrons. The smallest absolute Gasteiger partial charge is 0.207 e. The van der Waals surface area contributed by atoms with Crippen LogP contribution in [0.2, 0.25) is 0 Å². The topological polar surface area (TPSA) is 37.4 Å². The van der Waals surface area contributed by atoms with Crippen molar-refractivity contribution in [1.82, 2.24) is 4.31 Å². The van der Waals surface area contributed by atoms with Crippen molar-refractivity contribution in [2.75, 3.05) is 18.4 Å². The summed E-state index contributed by atoms with van der Waals surface area (Å²) in [6.45, 7) is 4.81. The number of rotatable bonds is 7. The van der Waals surface area contributed by atoms with Gasteiger partial charge in [-0.05, 0) is 31.4 Å². The summed E-state index contributed by atoms with van der Waals surface area (Å²) in [4.78, 5) is 0.422. The molecule has 5 heteroatoms. The van der Waals surface area contributed by atoms with Crippen LogP contribution in [0.1, 0.15) is 25.3 Å². The third kappa shape index (κ3) is 3.80. The fraction of sp³-hybridized carbons (Fsp3) is 0.538. The molecule has 0 bridgehead atoms. The Balaban J connectivity index is 2.93. The minimum Gasteiger partial charge on any atom is -0.207 e. The van der Waals surface area contributed by atoms with Crippen molar-refractivity contribution in [3.63, 3.8) is 0 Å². The Morgan fingerprint density at radius 3 is 2.44 bits per heavy atom. The van der Waals surface area contributed by atoms with E-state index in [0.717, 1.165) is 23.7 Å². The Morgan fingerprint density at radius 1 is 1.22 bits per heavy atom. The molecule has 1 aromatic carbocycles. The van der Waals surface area contributed by atoms with Crippen LogP contribution in [0.15, 0.2) is 29.2 Å². The lowest BCUT2D eigenvalue weighted by atomic mass is 10.2.